The molecule has 0 aliphatic rings. The van der Waals surface area contributed by atoms with E-state index in [1.165, 1.54) is 37.0 Å². The van der Waals surface area contributed by atoms with Gasteiger partial charge in [-0.3, -0.25) is 4.98 Å². The molecule has 2 heterocycles. The molecule has 4 rings (SSSR count). The highest BCUT2D eigenvalue weighted by Gasteiger charge is 2.21. The van der Waals surface area contributed by atoms with Crippen molar-refractivity contribution in [3.05, 3.63) is 68.4 Å². The second-order valence-corrected chi connectivity index (χ2v) is 7.55. The van der Waals surface area contributed by atoms with Gasteiger partial charge in [-0.15, -0.1) is 0 Å². The van der Waals surface area contributed by atoms with Crippen LogP contribution < -0.4 is 19.9 Å². The number of halogens is 3. The molecule has 2 aromatic carbocycles. The second kappa shape index (κ2) is 9.27. The summed E-state index contributed by atoms with van der Waals surface area (Å²) in [4.78, 5) is 23.9. The molecule has 0 aliphatic heterocycles. The zero-order valence-electron chi connectivity index (χ0n) is 18.3. The smallest absolute Gasteiger partial charge is 0.332 e. The number of imidazole rings is 1. The van der Waals surface area contributed by atoms with Gasteiger partial charge in [-0.2, -0.15) is 4.98 Å². The van der Waals surface area contributed by atoms with E-state index >= 15 is 0 Å². The Balaban J connectivity index is 1.83. The number of nitrogens with one attached hydrogen (secondary N) is 1. The van der Waals surface area contributed by atoms with Gasteiger partial charge < -0.3 is 19.3 Å². The van der Waals surface area contributed by atoms with Gasteiger partial charge in [0.2, 0.25) is 5.88 Å². The minimum Gasteiger partial charge on any atom is -0.496 e. The fourth-order valence-corrected chi connectivity index (χ4v) is 3.77. The van der Waals surface area contributed by atoms with Gasteiger partial charge in [-0.25, -0.2) is 23.1 Å². The van der Waals surface area contributed by atoms with Crippen LogP contribution in [0, 0.1) is 18.6 Å². The van der Waals surface area contributed by atoms with Crippen LogP contribution in [-0.2, 0) is 13.2 Å². The molecule has 0 fully saturated rings. The van der Waals surface area contributed by atoms with Crippen molar-refractivity contribution < 1.29 is 28.1 Å². The maximum atomic E-state index is 14.4. The molecule has 0 radical (unpaired) electrons. The quantitative estimate of drug-likeness (QED) is 0.406. The molecular weight excluding hydrogens is 474 g/mol. The van der Waals surface area contributed by atoms with Crippen molar-refractivity contribution in [1.82, 2.24) is 19.5 Å². The number of aryl methyl sites for hydroxylation is 1. The summed E-state index contributed by atoms with van der Waals surface area (Å²) in [5.41, 5.74) is 0.180. The highest BCUT2D eigenvalue weighted by Crippen LogP contribution is 2.33. The summed E-state index contributed by atoms with van der Waals surface area (Å²) in [6, 6.07) is 5.02. The number of ether oxygens (including phenoxy) is 3. The van der Waals surface area contributed by atoms with Crippen molar-refractivity contribution in [2.24, 2.45) is 0 Å². The van der Waals surface area contributed by atoms with Crippen LogP contribution >= 0.6 is 11.6 Å². The van der Waals surface area contributed by atoms with Crippen LogP contribution in [0.5, 0.6) is 17.4 Å². The van der Waals surface area contributed by atoms with Gasteiger partial charge >= 0.3 is 5.69 Å². The Morgan fingerprint density at radius 2 is 1.91 bits per heavy atom. The van der Waals surface area contributed by atoms with E-state index in [0.717, 1.165) is 6.07 Å². The van der Waals surface area contributed by atoms with Crippen molar-refractivity contribution in [3.63, 3.8) is 0 Å². The average Bonchev–Trinajstić information content (AvgIpc) is 3.15. The van der Waals surface area contributed by atoms with Gasteiger partial charge in [0, 0.05) is 11.6 Å². The number of fused-ring (bicyclic) bond motifs is 1. The molecule has 0 bridgehead atoms. The molecule has 2 N–H and O–H groups in total. The summed E-state index contributed by atoms with van der Waals surface area (Å²) in [5, 5.41) is 9.90. The largest absolute Gasteiger partial charge is 0.496 e. The number of aliphatic hydroxyl groups is 1. The van der Waals surface area contributed by atoms with Crippen molar-refractivity contribution in [2.75, 3.05) is 14.2 Å². The number of aromatic nitrogens is 4. The molecule has 34 heavy (non-hydrogen) atoms. The highest BCUT2D eigenvalue weighted by molar-refractivity contribution is 6.32. The molecule has 0 unspecified atom stereocenters. The molecule has 0 amide bonds. The van der Waals surface area contributed by atoms with Crippen LogP contribution in [-0.4, -0.2) is 38.8 Å². The lowest BCUT2D eigenvalue weighted by atomic mass is 10.1. The fraction of sp³-hybridized carbons (Fsp3) is 0.227. The first kappa shape index (κ1) is 23.5. The minimum atomic E-state index is -1.12. The van der Waals surface area contributed by atoms with Crippen LogP contribution in [0.25, 0.3) is 16.9 Å². The molecule has 0 atom stereocenters. The van der Waals surface area contributed by atoms with Crippen LogP contribution in [0.2, 0.25) is 5.02 Å². The van der Waals surface area contributed by atoms with Crippen molar-refractivity contribution >= 4 is 22.8 Å². The summed E-state index contributed by atoms with van der Waals surface area (Å²) >= 11 is 6.42. The molecule has 12 heteroatoms. The van der Waals surface area contributed by atoms with Gasteiger partial charge in [0.05, 0.1) is 37.1 Å². The molecule has 0 spiro atoms. The number of hydrogen-bond donors (Lipinski definition) is 2. The first-order chi connectivity index (χ1) is 16.3. The molecule has 178 valence electrons. The number of nitrogens with zero attached hydrogens (tertiary/aromatic N) is 3. The van der Waals surface area contributed by atoms with Crippen LogP contribution in [0.1, 0.15) is 17.0 Å². The van der Waals surface area contributed by atoms with Crippen molar-refractivity contribution in [1.29, 1.82) is 0 Å². The van der Waals surface area contributed by atoms with E-state index < -0.39 is 30.5 Å². The third-order valence-corrected chi connectivity index (χ3v) is 5.40. The van der Waals surface area contributed by atoms with Gasteiger partial charge in [-0.05, 0) is 25.1 Å². The van der Waals surface area contributed by atoms with E-state index in [9.17, 15) is 18.7 Å². The van der Waals surface area contributed by atoms with Crippen molar-refractivity contribution in [3.8, 4) is 23.1 Å². The van der Waals surface area contributed by atoms with Gasteiger partial charge in [-0.1, -0.05) is 11.6 Å². The topological polar surface area (TPSA) is 111 Å². The number of aromatic amines is 1. The lowest BCUT2D eigenvalue weighted by Crippen LogP contribution is -2.16. The lowest BCUT2D eigenvalue weighted by Gasteiger charge is -2.16. The average molecular weight is 493 g/mol. The third-order valence-electron chi connectivity index (χ3n) is 5.09. The predicted molar refractivity (Wildman–Crippen MR) is 119 cm³/mol. The first-order valence-electron chi connectivity index (χ1n) is 9.89. The number of benzene rings is 2. The lowest BCUT2D eigenvalue weighted by molar-refractivity contribution is 0.253. The summed E-state index contributed by atoms with van der Waals surface area (Å²) in [5.74, 6) is -1.48. The standard InChI is InChI=1S/C22H19ClF2N4O5/c1-10-26-20-19(21(27-10)33-3)28-22(31)29(20)15-7-17(11(8-30)6-13(15)23)34-9-12-16(32-2)5-4-14(24)18(12)25/h4-7,30H,8-9H2,1-3H3,(H,28,31). The second-order valence-electron chi connectivity index (χ2n) is 7.14. The highest BCUT2D eigenvalue weighted by atomic mass is 35.5. The zero-order valence-corrected chi connectivity index (χ0v) is 19.0. The van der Waals surface area contributed by atoms with Gasteiger partial charge in [0.1, 0.15) is 29.4 Å². The summed E-state index contributed by atoms with van der Waals surface area (Å²) in [6.07, 6.45) is 0. The molecule has 0 saturated carbocycles. The molecular formula is C22H19ClF2N4O5. The van der Waals surface area contributed by atoms with Gasteiger partial charge in [0.15, 0.2) is 17.3 Å². The first-order valence-corrected chi connectivity index (χ1v) is 10.3. The van der Waals surface area contributed by atoms with Crippen LogP contribution in [0.15, 0.2) is 29.1 Å². The number of methoxy groups -OCH3 is 2. The Hall–Kier alpha value is -3.70. The fourth-order valence-electron chi connectivity index (χ4n) is 3.50. The van der Waals surface area contributed by atoms with E-state index in [2.05, 4.69) is 15.0 Å². The Morgan fingerprint density at radius 1 is 1.15 bits per heavy atom. The maximum absolute atomic E-state index is 14.4. The van der Waals surface area contributed by atoms with Crippen LogP contribution in [0.4, 0.5) is 8.78 Å². The van der Waals surface area contributed by atoms with E-state index in [0.29, 0.717) is 5.82 Å². The molecule has 0 saturated heterocycles. The normalized spacial score (nSPS) is 11.1. The predicted octanol–water partition coefficient (Wildman–Crippen LogP) is 3.44. The summed E-state index contributed by atoms with van der Waals surface area (Å²) in [6.45, 7) is 0.754. The van der Waals surface area contributed by atoms with E-state index in [1.807, 2.05) is 0 Å². The van der Waals surface area contributed by atoms with E-state index in [4.69, 9.17) is 25.8 Å². The number of rotatable bonds is 7. The SMILES string of the molecule is COc1ccc(F)c(F)c1COc1cc(-n2c(=O)[nH]c3c(OC)nc(C)nc32)c(Cl)cc1CO. The molecule has 2 aromatic heterocycles. The molecule has 0 aliphatic carbocycles. The Labute approximate surface area is 196 Å². The monoisotopic (exact) mass is 492 g/mol. The summed E-state index contributed by atoms with van der Waals surface area (Å²) < 4.78 is 45.3. The molecule has 9 nitrogen and oxygen atoms in total. The Bertz CT molecular complexity index is 1450. The summed E-state index contributed by atoms with van der Waals surface area (Å²) in [7, 11) is 2.73. The zero-order chi connectivity index (χ0) is 24.6. The number of H-pyrrole nitrogens is 1. The number of aliphatic hydroxyl groups excluding tert-OH is 1. The van der Waals surface area contributed by atoms with Crippen molar-refractivity contribution in [2.45, 2.75) is 20.1 Å². The van der Waals surface area contributed by atoms with Gasteiger partial charge in [0.25, 0.3) is 0 Å². The number of hydrogen-bond acceptors (Lipinski definition) is 7. The Kier molecular flexibility index (Phi) is 6.40. The van der Waals surface area contributed by atoms with E-state index in [1.54, 1.807) is 6.92 Å². The van der Waals surface area contributed by atoms with Crippen LogP contribution in [0.3, 0.4) is 0 Å². The molecule has 4 aromatic rings. The minimum absolute atomic E-state index is 0.0887. The van der Waals surface area contributed by atoms with E-state index in [-0.39, 0.29) is 50.4 Å². The maximum Gasteiger partial charge on any atom is 0.332 e. The Morgan fingerprint density at radius 3 is 2.59 bits per heavy atom. The third kappa shape index (κ3) is 4.03.